The number of hydrogen-bond acceptors (Lipinski definition) is 25. The molecule has 764 valence electrons. The van der Waals surface area contributed by atoms with Gasteiger partial charge in [0.1, 0.15) is 42.0 Å². The Bertz CT molecular complexity index is 6690. The van der Waals surface area contributed by atoms with E-state index in [2.05, 4.69) is 226 Å². The van der Waals surface area contributed by atoms with E-state index in [1.807, 2.05) is 23.0 Å². The van der Waals surface area contributed by atoms with Crippen molar-refractivity contribution < 1.29 is 42.1 Å². The lowest BCUT2D eigenvalue weighted by molar-refractivity contribution is -0.0660. The number of piperazine rings is 3. The van der Waals surface area contributed by atoms with Crippen LogP contribution in [-0.4, -0.2) is 273 Å². The molecule has 37 heteroatoms. The molecule has 8 aliphatic heterocycles. The van der Waals surface area contributed by atoms with E-state index in [0.29, 0.717) is 160 Å². The van der Waals surface area contributed by atoms with Gasteiger partial charge in [-0.15, -0.1) is 0 Å². The van der Waals surface area contributed by atoms with Crippen molar-refractivity contribution >= 4 is 147 Å². The minimum atomic E-state index is -1.28. The van der Waals surface area contributed by atoms with Crippen LogP contribution in [0.2, 0.25) is 51.4 Å². The number of benzene rings is 5. The lowest BCUT2D eigenvalue weighted by Crippen LogP contribution is -2.56. The summed E-state index contributed by atoms with van der Waals surface area (Å²) in [6.45, 7) is 40.1. The van der Waals surface area contributed by atoms with Gasteiger partial charge in [0.2, 0.25) is 0 Å². The van der Waals surface area contributed by atoms with Crippen LogP contribution >= 0.6 is 22.6 Å². The van der Waals surface area contributed by atoms with E-state index in [-0.39, 0.29) is 40.8 Å². The normalized spacial score (nSPS) is 17.6. The molecule has 2 amide bonds. The van der Waals surface area contributed by atoms with Gasteiger partial charge in [-0.3, -0.25) is 33.4 Å². The molecule has 0 unspecified atom stereocenters. The predicted molar refractivity (Wildman–Crippen MR) is 583 cm³/mol. The number of nitrogens with zero attached hydrogens (tertiary/aromatic N) is 21. The molecule has 23 rings (SSSR count). The highest BCUT2D eigenvalue weighted by atomic mass is 127. The topological polar surface area (TPSA) is 294 Å². The van der Waals surface area contributed by atoms with Gasteiger partial charge < -0.3 is 78.3 Å². The van der Waals surface area contributed by atoms with Crippen LogP contribution in [0, 0.1) is 15.5 Å². The van der Waals surface area contributed by atoms with Crippen molar-refractivity contribution in [1.29, 1.82) is 0 Å². The number of aromatic amines is 1. The van der Waals surface area contributed by atoms with Crippen LogP contribution in [0.3, 0.4) is 0 Å². The molecule has 0 atom stereocenters. The molecule has 13 aromatic rings. The predicted octanol–water partition coefficient (Wildman–Crippen LogP) is 18.4. The van der Waals surface area contributed by atoms with Crippen molar-refractivity contribution in [2.45, 2.75) is 196 Å². The van der Waals surface area contributed by atoms with Crippen molar-refractivity contribution in [3.8, 4) is 22.8 Å². The first kappa shape index (κ1) is 103. The Hall–Kier alpha value is -11.2. The Balaban J connectivity index is 0.000000144. The Morgan fingerprint density at radius 1 is 0.444 bits per heavy atom. The van der Waals surface area contributed by atoms with E-state index in [9.17, 15) is 9.59 Å². The summed E-state index contributed by atoms with van der Waals surface area (Å²) < 4.78 is 68.5. The van der Waals surface area contributed by atoms with Gasteiger partial charge in [-0.2, -0.15) is 0 Å². The second-order valence-electron chi connectivity index (χ2n) is 41.1. The highest BCUT2D eigenvalue weighted by molar-refractivity contribution is 14.1. The van der Waals surface area contributed by atoms with Crippen LogP contribution in [0.25, 0.3) is 56.3 Å². The number of aryl methyl sites for hydroxylation is 2. The molecule has 6 fully saturated rings. The van der Waals surface area contributed by atoms with Crippen LogP contribution in [0.4, 0.5) is 71.7 Å². The summed E-state index contributed by atoms with van der Waals surface area (Å²) in [6, 6.07) is 39.4. The van der Waals surface area contributed by atoms with Crippen molar-refractivity contribution in [1.82, 2.24) is 82.8 Å². The summed E-state index contributed by atoms with van der Waals surface area (Å²) in [7, 11) is -2.40. The minimum Gasteiger partial charge on any atom is -0.378 e. The van der Waals surface area contributed by atoms with Gasteiger partial charge in [0, 0.05) is 213 Å². The molecule has 2 aliphatic carbocycles. The van der Waals surface area contributed by atoms with Crippen molar-refractivity contribution in [3.05, 3.63) is 189 Å². The number of ether oxygens (including phenoxy) is 5. The third-order valence-corrected chi connectivity index (χ3v) is 33.4. The van der Waals surface area contributed by atoms with Gasteiger partial charge in [-0.05, 0) is 208 Å². The molecule has 10 aliphatic rings. The summed E-state index contributed by atoms with van der Waals surface area (Å²) in [5.74, 6) is 1.44. The van der Waals surface area contributed by atoms with E-state index >= 15 is 8.78 Å². The molecule has 0 radical (unpaired) electrons. The number of anilines is 11. The number of carbonyl (C=O) groups excluding carboxylic acids is 2. The fraction of sp³-hybridized carbons (Fsp3) is 0.486. The summed E-state index contributed by atoms with van der Waals surface area (Å²) in [5, 5.41) is 10.4. The summed E-state index contributed by atoms with van der Waals surface area (Å²) in [6.07, 6.45) is 14.8. The monoisotopic (exact) mass is 2110 g/mol. The maximum atomic E-state index is 15.9. The molecule has 0 saturated carbocycles. The number of aromatic nitrogens is 14. The molecule has 144 heavy (non-hydrogen) atoms. The maximum Gasteiger partial charge on any atom is 0.274 e. The van der Waals surface area contributed by atoms with Crippen LogP contribution in [0.15, 0.2) is 128 Å². The number of nitrogens with one attached hydrogen (secondary N) is 4. The molecule has 4 N–H and O–H groups in total. The first-order valence-corrected chi connectivity index (χ1v) is 59.0. The highest BCUT2D eigenvalue weighted by Crippen LogP contribution is 2.42. The number of H-pyrrole nitrogens is 1. The van der Waals surface area contributed by atoms with Gasteiger partial charge in [0.25, 0.3) is 11.8 Å². The number of imidazole rings is 3. The van der Waals surface area contributed by atoms with Crippen molar-refractivity contribution in [3.63, 3.8) is 0 Å². The Labute approximate surface area is 859 Å². The number of halogens is 3. The fourth-order valence-electron chi connectivity index (χ4n) is 21.1. The van der Waals surface area contributed by atoms with Gasteiger partial charge in [-0.25, -0.2) is 53.6 Å². The van der Waals surface area contributed by atoms with Crippen molar-refractivity contribution in [2.24, 2.45) is 0 Å². The smallest absolute Gasteiger partial charge is 0.274 e. The number of carbonyl (C=O) groups is 2. The second-order valence-corrected chi connectivity index (χ2v) is 53.3. The number of fused-ring (bicyclic) bond motifs is 9. The average molecular weight is 2110 g/mol. The van der Waals surface area contributed by atoms with Crippen LogP contribution in [0.1, 0.15) is 116 Å². The van der Waals surface area contributed by atoms with Crippen LogP contribution in [-0.2, 0) is 88.8 Å². The highest BCUT2D eigenvalue weighted by Gasteiger charge is 2.38. The Morgan fingerprint density at radius 3 is 1.22 bits per heavy atom. The van der Waals surface area contributed by atoms with E-state index in [0.717, 1.165) is 228 Å². The summed E-state index contributed by atoms with van der Waals surface area (Å²) in [5.41, 5.74) is 20.6. The van der Waals surface area contributed by atoms with E-state index in [4.69, 9.17) is 48.6 Å². The zero-order valence-corrected chi connectivity index (χ0v) is 86.3. The SMILES string of the molecule is C.C.C.CCc1c(-c2nc(Nc3ccc(N4CCN(C5COC5)CC4)cc3)c3[nH]cnc3n2)cc(F)cc1N1CCn2c(cc3c2CCCC3)C1=O.CCc1c(-c2nc(Nc3ccc(N4CCN(C5COC5)CC4)cc3)c3ncn(COCC[Si](C)(C)C)c3n2)cc(F)cc1N1CCn2c(cc3c2CCCC3)C1=O.C[Si](C)(C)CCOCn1cnc2c(Nc3ccc(N4CCN(C5COC5)CC4)cc3)nc(I)nc21. The van der Waals surface area contributed by atoms with E-state index in [1.165, 1.54) is 63.8 Å². The van der Waals surface area contributed by atoms with Gasteiger partial charge in [0.05, 0.1) is 88.1 Å². The minimum absolute atomic E-state index is 0. The first-order valence-electron chi connectivity index (χ1n) is 50.5. The largest absolute Gasteiger partial charge is 0.378 e. The molecular formula is C107H140F2IN25O7Si2. The lowest BCUT2D eigenvalue weighted by Gasteiger charge is -2.43. The molecule has 32 nitrogen and oxygen atoms in total. The van der Waals surface area contributed by atoms with Crippen LogP contribution in [0.5, 0.6) is 0 Å². The zero-order valence-electron chi connectivity index (χ0n) is 82.1. The van der Waals surface area contributed by atoms with Gasteiger partial charge in [0.15, 0.2) is 60.9 Å². The molecular weight excluding hydrogens is 1970 g/mol. The van der Waals surface area contributed by atoms with E-state index < -0.39 is 27.8 Å². The number of rotatable bonds is 28. The van der Waals surface area contributed by atoms with Gasteiger partial charge >= 0.3 is 0 Å². The molecule has 5 aromatic carbocycles. The van der Waals surface area contributed by atoms with Crippen LogP contribution < -0.4 is 40.4 Å². The maximum absolute atomic E-state index is 15.9. The number of amides is 2. The summed E-state index contributed by atoms with van der Waals surface area (Å²) >= 11 is 2.16. The Morgan fingerprint density at radius 2 is 0.826 bits per heavy atom. The molecule has 8 aromatic heterocycles. The molecule has 0 spiro atoms. The number of hydrogen-bond donors (Lipinski definition) is 4. The van der Waals surface area contributed by atoms with Gasteiger partial charge in [-0.1, -0.05) is 75.4 Å². The third-order valence-electron chi connectivity index (χ3n) is 29.5. The summed E-state index contributed by atoms with van der Waals surface area (Å²) in [4.78, 5) is 92.5. The lowest BCUT2D eigenvalue weighted by atomic mass is 9.98. The van der Waals surface area contributed by atoms with Crippen molar-refractivity contribution in [2.75, 3.05) is 185 Å². The Kier molecular flexibility index (Phi) is 31.8. The second kappa shape index (κ2) is 44.6. The third kappa shape index (κ3) is 22.2. The molecule has 16 heterocycles. The standard InChI is InChI=1S/C43H54FN9O3Si.C37H40FN9O2.C24H34IN7O2Si.3CH4/c1-5-34-35(23-30(44)24-37(34)53-19-18-52-36-9-7-6-8-29(36)22-38(52)43(53)54)40-47-41(39-42(48-40)51(27-45-39)28-55-20-21-57(2,3)4)46-31-10-12-32(13-11-31)49-14-16-50(17-15-49)33-25-56-26-33;1-2-28-29(18-24(38)19-31(28)47-16-15-46-30-6-4-3-5-23(30)17-32(46)37(47)48)34-42-35-33(39-22-40-35)36(43-34)41-25-7-9-26(10-8-25)44-11-13-45(14-12-44)27-20-49-21-27;1-35(2,3)13-12-33-17-32-16-26-21-22(28-24(25)29-23(21)32)27-18-4-6-19(7-5-18)30-8-10-31(11-9-30)20-14-34-15-20;;;/h10-13,22-24,27,33H,5-9,14-21,25-26,28H2,1-4H3,(H,46,47,48);7-10,17-19,22,27H,2-6,11-16,20-21H2,1H3,(H2,39,40,41,42,43);4-7,16,20H,8-15,17H2,1-3H3,(H,27,28,29);3*1H4. The molecule has 0 bridgehead atoms. The fourth-order valence-corrected chi connectivity index (χ4v) is 23.1. The quantitative estimate of drug-likeness (QED) is 0.0153. The average Bonchev–Trinajstić information content (AvgIpc) is 0.847. The zero-order chi connectivity index (χ0) is 96.7. The van der Waals surface area contributed by atoms with E-state index in [1.54, 1.807) is 28.8 Å². The first-order chi connectivity index (χ1) is 68.5. The molecule has 6 saturated heterocycles.